The molecule has 0 radical (unpaired) electrons. The summed E-state index contributed by atoms with van der Waals surface area (Å²) in [5, 5.41) is 8.29. The minimum absolute atomic E-state index is 1.04. The molecule has 0 saturated carbocycles. The van der Waals surface area contributed by atoms with Crippen LogP contribution in [0.5, 0.6) is 0 Å². The molecule has 0 saturated heterocycles. The van der Waals surface area contributed by atoms with Crippen molar-refractivity contribution in [2.45, 2.75) is 19.9 Å². The Bertz CT molecular complexity index is 302. The molecule has 2 nitrogen and oxygen atoms in total. The zero-order valence-corrected chi connectivity index (χ0v) is 7.20. The molecule has 0 bridgehead atoms. The Labute approximate surface area is 72.7 Å². The van der Waals surface area contributed by atoms with Gasteiger partial charge in [0.25, 0.3) is 0 Å². The molecule has 0 spiro atoms. The molecule has 0 aliphatic carbocycles. The van der Waals surface area contributed by atoms with E-state index >= 15 is 0 Å². The fraction of sp³-hybridized carbons (Fsp3) is 0.300. The molecule has 0 aromatic carbocycles. The lowest BCUT2D eigenvalue weighted by atomic mass is 10.3. The topological polar surface area (TPSA) is 28.7 Å². The lowest BCUT2D eigenvalue weighted by Gasteiger charge is -1.95. The van der Waals surface area contributed by atoms with Gasteiger partial charge in [0.2, 0.25) is 0 Å². The number of allylic oxidation sites excluding steroid dienone is 1. The van der Waals surface area contributed by atoms with E-state index in [9.17, 15) is 0 Å². The highest BCUT2D eigenvalue weighted by Crippen LogP contribution is 2.03. The number of rotatable bonds is 3. The van der Waals surface area contributed by atoms with Crippen LogP contribution in [0.1, 0.15) is 18.9 Å². The second-order valence-corrected chi connectivity index (χ2v) is 2.65. The average Bonchev–Trinajstić information content (AvgIpc) is 2.50. The van der Waals surface area contributed by atoms with Crippen LogP contribution >= 0.6 is 0 Å². The molecule has 62 valence electrons. The van der Waals surface area contributed by atoms with Crippen molar-refractivity contribution in [1.29, 1.82) is 5.26 Å². The van der Waals surface area contributed by atoms with Crippen molar-refractivity contribution in [2.75, 3.05) is 0 Å². The monoisotopic (exact) mass is 160 g/mol. The highest BCUT2D eigenvalue weighted by Gasteiger charge is 1.90. The number of aryl methyl sites for hydroxylation is 1. The smallest absolute Gasteiger partial charge is 0.0912 e. The highest BCUT2D eigenvalue weighted by molar-refractivity contribution is 5.50. The standard InChI is InChI=1S/C10H12N2/c1-2-7-12-8-5-10(9-12)4-3-6-11/h3-5,8-9H,2,7H2,1H3. The van der Waals surface area contributed by atoms with Gasteiger partial charge in [-0.1, -0.05) is 6.92 Å². The molecule has 0 atom stereocenters. The summed E-state index contributed by atoms with van der Waals surface area (Å²) in [5.41, 5.74) is 1.09. The Morgan fingerprint density at radius 1 is 1.67 bits per heavy atom. The predicted molar refractivity (Wildman–Crippen MR) is 49.4 cm³/mol. The van der Waals surface area contributed by atoms with Crippen LogP contribution in [-0.2, 0) is 6.54 Å². The zero-order valence-electron chi connectivity index (χ0n) is 7.20. The second-order valence-electron chi connectivity index (χ2n) is 2.65. The van der Waals surface area contributed by atoms with Crippen LogP contribution in [0.2, 0.25) is 0 Å². The molecule has 2 heteroatoms. The Kier molecular flexibility index (Phi) is 3.16. The van der Waals surface area contributed by atoms with Gasteiger partial charge in [-0.25, -0.2) is 0 Å². The normalized spacial score (nSPS) is 10.3. The Balaban J connectivity index is 2.65. The summed E-state index contributed by atoms with van der Waals surface area (Å²) in [5.74, 6) is 0. The first-order valence-electron chi connectivity index (χ1n) is 4.08. The maximum Gasteiger partial charge on any atom is 0.0912 e. The zero-order chi connectivity index (χ0) is 8.81. The number of aromatic nitrogens is 1. The highest BCUT2D eigenvalue weighted by atomic mass is 14.9. The maximum absolute atomic E-state index is 8.29. The quantitative estimate of drug-likeness (QED) is 0.624. The predicted octanol–water partition coefficient (Wildman–Crippen LogP) is 2.43. The van der Waals surface area contributed by atoms with Gasteiger partial charge in [0.05, 0.1) is 6.07 Å². The molecular formula is C10H12N2. The van der Waals surface area contributed by atoms with E-state index in [0.29, 0.717) is 0 Å². The van der Waals surface area contributed by atoms with E-state index in [2.05, 4.69) is 11.5 Å². The second kappa shape index (κ2) is 4.40. The first-order chi connectivity index (χ1) is 5.86. The van der Waals surface area contributed by atoms with Crippen LogP contribution in [0.25, 0.3) is 6.08 Å². The third kappa shape index (κ3) is 2.28. The van der Waals surface area contributed by atoms with Gasteiger partial charge < -0.3 is 4.57 Å². The number of nitrogens with zero attached hydrogens (tertiary/aromatic N) is 2. The molecule has 0 unspecified atom stereocenters. The van der Waals surface area contributed by atoms with Gasteiger partial charge in [0.15, 0.2) is 0 Å². The molecule has 0 N–H and O–H groups in total. The molecule has 1 aromatic heterocycles. The van der Waals surface area contributed by atoms with Crippen molar-refractivity contribution in [3.63, 3.8) is 0 Å². The van der Waals surface area contributed by atoms with E-state index in [-0.39, 0.29) is 0 Å². The van der Waals surface area contributed by atoms with Crippen LogP contribution in [0.3, 0.4) is 0 Å². The van der Waals surface area contributed by atoms with Crippen molar-refractivity contribution in [2.24, 2.45) is 0 Å². The lowest BCUT2D eigenvalue weighted by molar-refractivity contribution is 0.683. The summed E-state index contributed by atoms with van der Waals surface area (Å²) >= 11 is 0. The largest absolute Gasteiger partial charge is 0.354 e. The molecule has 12 heavy (non-hydrogen) atoms. The van der Waals surface area contributed by atoms with E-state index in [4.69, 9.17) is 5.26 Å². The molecule has 0 aliphatic heterocycles. The van der Waals surface area contributed by atoms with Gasteiger partial charge in [-0.3, -0.25) is 0 Å². The van der Waals surface area contributed by atoms with Gasteiger partial charge in [-0.15, -0.1) is 0 Å². The van der Waals surface area contributed by atoms with E-state index in [1.165, 1.54) is 6.08 Å². The van der Waals surface area contributed by atoms with Crippen LogP contribution in [0.4, 0.5) is 0 Å². The summed E-state index contributed by atoms with van der Waals surface area (Å²) in [7, 11) is 0. The minimum atomic E-state index is 1.04. The molecule has 0 aliphatic rings. The number of nitriles is 1. The van der Waals surface area contributed by atoms with Crippen molar-refractivity contribution in [3.05, 3.63) is 30.1 Å². The SMILES string of the molecule is CCCn1ccc(C=CC#N)c1. The third-order valence-corrected chi connectivity index (χ3v) is 1.61. The van der Waals surface area contributed by atoms with Crippen molar-refractivity contribution >= 4 is 6.08 Å². The van der Waals surface area contributed by atoms with E-state index in [1.807, 2.05) is 30.6 Å². The van der Waals surface area contributed by atoms with Gasteiger partial charge in [-0.2, -0.15) is 5.26 Å². The summed E-state index contributed by atoms with van der Waals surface area (Å²) in [6.07, 6.45) is 8.51. The molecule has 0 amide bonds. The van der Waals surface area contributed by atoms with Crippen LogP contribution < -0.4 is 0 Å². The third-order valence-electron chi connectivity index (χ3n) is 1.61. The first-order valence-corrected chi connectivity index (χ1v) is 4.08. The fourth-order valence-electron chi connectivity index (χ4n) is 1.09. The van der Waals surface area contributed by atoms with Crippen molar-refractivity contribution < 1.29 is 0 Å². The van der Waals surface area contributed by atoms with Crippen molar-refractivity contribution in [3.8, 4) is 6.07 Å². The Hall–Kier alpha value is -1.49. The van der Waals surface area contributed by atoms with Gasteiger partial charge >= 0.3 is 0 Å². The number of hydrogen-bond acceptors (Lipinski definition) is 1. The Morgan fingerprint density at radius 3 is 3.17 bits per heavy atom. The molecule has 1 rings (SSSR count). The van der Waals surface area contributed by atoms with Crippen molar-refractivity contribution in [1.82, 2.24) is 4.57 Å². The van der Waals surface area contributed by atoms with Crippen LogP contribution in [-0.4, -0.2) is 4.57 Å². The molecule has 1 heterocycles. The summed E-state index contributed by atoms with van der Waals surface area (Å²) in [6.45, 7) is 3.19. The number of hydrogen-bond donors (Lipinski definition) is 0. The maximum atomic E-state index is 8.29. The van der Waals surface area contributed by atoms with Crippen LogP contribution in [0.15, 0.2) is 24.5 Å². The van der Waals surface area contributed by atoms with E-state index in [0.717, 1.165) is 18.5 Å². The van der Waals surface area contributed by atoms with E-state index in [1.54, 1.807) is 0 Å². The summed E-state index contributed by atoms with van der Waals surface area (Å²) < 4.78 is 2.12. The summed E-state index contributed by atoms with van der Waals surface area (Å²) in [6, 6.07) is 3.97. The molecule has 0 fully saturated rings. The Morgan fingerprint density at radius 2 is 2.50 bits per heavy atom. The minimum Gasteiger partial charge on any atom is -0.354 e. The molecule has 1 aromatic rings. The summed E-state index contributed by atoms with van der Waals surface area (Å²) in [4.78, 5) is 0. The first kappa shape index (κ1) is 8.61. The van der Waals surface area contributed by atoms with Crippen LogP contribution in [0, 0.1) is 11.3 Å². The molecular weight excluding hydrogens is 148 g/mol. The van der Waals surface area contributed by atoms with Gasteiger partial charge in [0, 0.05) is 25.0 Å². The van der Waals surface area contributed by atoms with Gasteiger partial charge in [-0.05, 0) is 24.1 Å². The average molecular weight is 160 g/mol. The van der Waals surface area contributed by atoms with Gasteiger partial charge in [0.1, 0.15) is 0 Å². The fourth-order valence-corrected chi connectivity index (χ4v) is 1.09. The van der Waals surface area contributed by atoms with E-state index < -0.39 is 0 Å². The lowest BCUT2D eigenvalue weighted by Crippen LogP contribution is -1.90.